The Labute approximate surface area is 156 Å². The number of hydrogen-bond acceptors (Lipinski definition) is 2. The number of hydrogen-bond donors (Lipinski definition) is 1. The van der Waals surface area contributed by atoms with Crippen molar-refractivity contribution in [2.75, 3.05) is 13.2 Å². The van der Waals surface area contributed by atoms with Gasteiger partial charge in [-0.05, 0) is 43.4 Å². The maximum Gasteiger partial charge on any atom is 0.127 e. The van der Waals surface area contributed by atoms with Gasteiger partial charge in [0.25, 0.3) is 0 Å². The smallest absolute Gasteiger partial charge is 0.127 e. The molecule has 3 heteroatoms. The van der Waals surface area contributed by atoms with Crippen LogP contribution in [0, 0.1) is 11.7 Å². The van der Waals surface area contributed by atoms with E-state index in [1.807, 2.05) is 12.1 Å². The van der Waals surface area contributed by atoms with Crippen molar-refractivity contribution in [2.24, 2.45) is 5.92 Å². The molecule has 0 bridgehead atoms. The summed E-state index contributed by atoms with van der Waals surface area (Å²) in [6, 6.07) is 17.8. The molecule has 0 radical (unpaired) electrons. The fourth-order valence-electron chi connectivity index (χ4n) is 4.00. The van der Waals surface area contributed by atoms with E-state index in [1.54, 1.807) is 6.07 Å². The molecule has 2 atom stereocenters. The summed E-state index contributed by atoms with van der Waals surface area (Å²) in [5.74, 6) is 0.383. The van der Waals surface area contributed by atoms with E-state index >= 15 is 0 Å². The summed E-state index contributed by atoms with van der Waals surface area (Å²) in [6.07, 6.45) is 3.44. The van der Waals surface area contributed by atoms with Gasteiger partial charge >= 0.3 is 0 Å². The van der Waals surface area contributed by atoms with Gasteiger partial charge in [0.15, 0.2) is 0 Å². The average molecular weight is 355 g/mol. The molecule has 0 spiro atoms. The Kier molecular flexibility index (Phi) is 6.44. The summed E-state index contributed by atoms with van der Waals surface area (Å²) < 4.78 is 19.8. The van der Waals surface area contributed by atoms with Gasteiger partial charge in [0.2, 0.25) is 0 Å². The van der Waals surface area contributed by atoms with Crippen molar-refractivity contribution in [3.8, 4) is 0 Å². The van der Waals surface area contributed by atoms with Crippen LogP contribution in [0.2, 0.25) is 0 Å². The van der Waals surface area contributed by atoms with E-state index in [4.69, 9.17) is 4.74 Å². The van der Waals surface area contributed by atoms with Crippen LogP contribution >= 0.6 is 0 Å². The number of halogens is 1. The van der Waals surface area contributed by atoms with Crippen LogP contribution in [0.4, 0.5) is 4.39 Å². The van der Waals surface area contributed by atoms with Crippen molar-refractivity contribution in [2.45, 2.75) is 51.2 Å². The largest absolute Gasteiger partial charge is 0.378 e. The second-order valence-corrected chi connectivity index (χ2v) is 7.77. The minimum absolute atomic E-state index is 0.135. The molecule has 1 fully saturated rings. The lowest BCUT2D eigenvalue weighted by atomic mass is 9.68. The van der Waals surface area contributed by atoms with E-state index in [-0.39, 0.29) is 11.2 Å². The first kappa shape index (κ1) is 19.1. The first-order chi connectivity index (χ1) is 12.6. The van der Waals surface area contributed by atoms with Crippen LogP contribution in [-0.4, -0.2) is 19.3 Å². The Morgan fingerprint density at radius 1 is 1.12 bits per heavy atom. The fraction of sp³-hybridized carbons (Fsp3) is 0.478. The SMILES string of the molecule is CC(C)[C@H]1C[C@@](CCNCc2ccccc2F)(c2ccccc2)CCO1. The molecular formula is C23H30FNO. The minimum Gasteiger partial charge on any atom is -0.378 e. The normalized spacial score (nSPS) is 23.3. The lowest BCUT2D eigenvalue weighted by molar-refractivity contribution is -0.0469. The van der Waals surface area contributed by atoms with Gasteiger partial charge in [-0.15, -0.1) is 0 Å². The van der Waals surface area contributed by atoms with E-state index in [2.05, 4.69) is 49.5 Å². The Hall–Kier alpha value is -1.71. The van der Waals surface area contributed by atoms with E-state index in [0.29, 0.717) is 18.6 Å². The summed E-state index contributed by atoms with van der Waals surface area (Å²) in [6.45, 7) is 6.73. The molecular weight excluding hydrogens is 325 g/mol. The zero-order valence-electron chi connectivity index (χ0n) is 15.9. The molecule has 1 saturated heterocycles. The Bertz CT molecular complexity index is 688. The summed E-state index contributed by atoms with van der Waals surface area (Å²) >= 11 is 0. The van der Waals surface area contributed by atoms with Crippen molar-refractivity contribution in [1.82, 2.24) is 5.32 Å². The van der Waals surface area contributed by atoms with Crippen molar-refractivity contribution in [3.63, 3.8) is 0 Å². The third-order valence-electron chi connectivity index (χ3n) is 5.69. The molecule has 2 aromatic rings. The van der Waals surface area contributed by atoms with E-state index in [9.17, 15) is 4.39 Å². The molecule has 0 saturated carbocycles. The molecule has 2 aromatic carbocycles. The molecule has 1 heterocycles. The fourth-order valence-corrected chi connectivity index (χ4v) is 4.00. The van der Waals surface area contributed by atoms with Crippen molar-refractivity contribution >= 4 is 0 Å². The topological polar surface area (TPSA) is 21.3 Å². The zero-order valence-corrected chi connectivity index (χ0v) is 15.9. The second-order valence-electron chi connectivity index (χ2n) is 7.77. The molecule has 3 rings (SSSR count). The van der Waals surface area contributed by atoms with Crippen LogP contribution < -0.4 is 5.32 Å². The number of rotatable bonds is 7. The van der Waals surface area contributed by atoms with E-state index in [1.165, 1.54) is 11.6 Å². The molecule has 26 heavy (non-hydrogen) atoms. The summed E-state index contributed by atoms with van der Waals surface area (Å²) in [5, 5.41) is 3.45. The number of ether oxygens (including phenoxy) is 1. The maximum absolute atomic E-state index is 13.8. The Balaban J connectivity index is 1.67. The summed E-state index contributed by atoms with van der Waals surface area (Å²) in [7, 11) is 0. The van der Waals surface area contributed by atoms with Crippen LogP contribution in [-0.2, 0) is 16.7 Å². The summed E-state index contributed by atoms with van der Waals surface area (Å²) in [5.41, 5.74) is 2.27. The van der Waals surface area contributed by atoms with Crippen LogP contribution in [0.3, 0.4) is 0 Å². The van der Waals surface area contributed by atoms with Gasteiger partial charge < -0.3 is 10.1 Å². The Morgan fingerprint density at radius 3 is 2.58 bits per heavy atom. The second kappa shape index (κ2) is 8.79. The van der Waals surface area contributed by atoms with Gasteiger partial charge in [-0.2, -0.15) is 0 Å². The van der Waals surface area contributed by atoms with Gasteiger partial charge in [-0.25, -0.2) is 4.39 Å². The summed E-state index contributed by atoms with van der Waals surface area (Å²) in [4.78, 5) is 0. The van der Waals surface area contributed by atoms with Gasteiger partial charge in [0.1, 0.15) is 5.82 Å². The molecule has 140 valence electrons. The van der Waals surface area contributed by atoms with E-state index in [0.717, 1.165) is 38.0 Å². The van der Waals surface area contributed by atoms with E-state index < -0.39 is 0 Å². The van der Waals surface area contributed by atoms with Gasteiger partial charge in [0, 0.05) is 24.1 Å². The third-order valence-corrected chi connectivity index (χ3v) is 5.69. The third kappa shape index (κ3) is 4.52. The average Bonchev–Trinajstić information content (AvgIpc) is 2.67. The molecule has 1 aliphatic rings. The Morgan fingerprint density at radius 2 is 1.85 bits per heavy atom. The first-order valence-corrected chi connectivity index (χ1v) is 9.72. The lowest BCUT2D eigenvalue weighted by Crippen LogP contribution is -2.42. The molecule has 0 aliphatic carbocycles. The minimum atomic E-state index is -0.135. The number of nitrogens with one attached hydrogen (secondary N) is 1. The monoisotopic (exact) mass is 355 g/mol. The van der Waals surface area contributed by atoms with Crippen LogP contribution in [0.25, 0.3) is 0 Å². The highest BCUT2D eigenvalue weighted by Gasteiger charge is 2.38. The zero-order chi connectivity index (χ0) is 18.4. The predicted octanol–water partition coefficient (Wildman–Crippen LogP) is 5.08. The standard InChI is InChI=1S/C23H30FNO/c1-18(2)22-16-23(13-15-26-22,20-9-4-3-5-10-20)12-14-25-17-19-8-6-7-11-21(19)24/h3-11,18,22,25H,12-17H2,1-2H3/t22-,23+/m1/s1. The van der Waals surface area contributed by atoms with Gasteiger partial charge in [0.05, 0.1) is 6.10 Å². The molecule has 0 unspecified atom stereocenters. The van der Waals surface area contributed by atoms with Crippen LogP contribution in [0.5, 0.6) is 0 Å². The van der Waals surface area contributed by atoms with Gasteiger partial charge in [-0.1, -0.05) is 62.4 Å². The van der Waals surface area contributed by atoms with Gasteiger partial charge in [-0.3, -0.25) is 0 Å². The molecule has 0 aromatic heterocycles. The highest BCUT2D eigenvalue weighted by molar-refractivity contribution is 5.26. The van der Waals surface area contributed by atoms with Crippen LogP contribution in [0.15, 0.2) is 54.6 Å². The van der Waals surface area contributed by atoms with Crippen molar-refractivity contribution < 1.29 is 9.13 Å². The molecule has 1 N–H and O–H groups in total. The molecule has 0 amide bonds. The molecule has 1 aliphatic heterocycles. The quantitative estimate of drug-likeness (QED) is 0.700. The maximum atomic E-state index is 13.8. The van der Waals surface area contributed by atoms with Crippen LogP contribution in [0.1, 0.15) is 44.2 Å². The number of benzene rings is 2. The lowest BCUT2D eigenvalue weighted by Gasteiger charge is -2.43. The highest BCUT2D eigenvalue weighted by atomic mass is 19.1. The first-order valence-electron chi connectivity index (χ1n) is 9.72. The predicted molar refractivity (Wildman–Crippen MR) is 105 cm³/mol. The van der Waals surface area contributed by atoms with Crippen molar-refractivity contribution in [1.29, 1.82) is 0 Å². The highest BCUT2D eigenvalue weighted by Crippen LogP contribution is 2.41. The van der Waals surface area contributed by atoms with Crippen molar-refractivity contribution in [3.05, 3.63) is 71.5 Å². The molecule has 2 nitrogen and oxygen atoms in total.